The van der Waals surface area contributed by atoms with E-state index in [-0.39, 0.29) is 22.9 Å². The average Bonchev–Trinajstić information content (AvgIpc) is 2.04. The van der Waals surface area contributed by atoms with Crippen molar-refractivity contribution in [3.8, 4) is 5.75 Å². The van der Waals surface area contributed by atoms with E-state index in [1.807, 2.05) is 0 Å². The van der Waals surface area contributed by atoms with Crippen molar-refractivity contribution in [2.75, 3.05) is 0 Å². The van der Waals surface area contributed by atoms with Crippen molar-refractivity contribution >= 4 is 5.97 Å². The van der Waals surface area contributed by atoms with Crippen LogP contribution in [0.25, 0.3) is 0 Å². The Labute approximate surface area is 80.3 Å². The van der Waals surface area contributed by atoms with Gasteiger partial charge in [-0.25, -0.2) is 0 Å². The highest BCUT2D eigenvalue weighted by Gasteiger charge is 2.11. The molecule has 0 spiro atoms. The zero-order chi connectivity index (χ0) is 9.14. The Morgan fingerprint density at radius 3 is 2.29 bits per heavy atom. The molecule has 6 heteroatoms. The van der Waals surface area contributed by atoms with Crippen LogP contribution in [0.3, 0.4) is 0 Å². The summed E-state index contributed by atoms with van der Waals surface area (Å²) >= 11 is 0. The number of phenolic OH excluding ortho intramolecular Hbond substituents is 1. The van der Waals surface area contributed by atoms with Crippen molar-refractivity contribution in [2.45, 2.75) is 6.10 Å². The lowest BCUT2D eigenvalue weighted by molar-refractivity contribution is -0.315. The molecule has 0 bridgehead atoms. The molecule has 0 radical (unpaired) electrons. The molecule has 6 nitrogen and oxygen atoms in total. The quantitative estimate of drug-likeness (QED) is 0.549. The van der Waals surface area contributed by atoms with E-state index in [1.54, 1.807) is 0 Å². The van der Waals surface area contributed by atoms with Gasteiger partial charge in [-0.3, -0.25) is 0 Å². The smallest absolute Gasteiger partial charge is 0.122 e. The lowest BCUT2D eigenvalue weighted by Crippen LogP contribution is -2.29. The number of rotatable bonds is 2. The Balaban J connectivity index is 0. The van der Waals surface area contributed by atoms with Gasteiger partial charge < -0.3 is 31.7 Å². The average molecular weight is 203 g/mol. The summed E-state index contributed by atoms with van der Waals surface area (Å²) < 4.78 is 0. The summed E-state index contributed by atoms with van der Waals surface area (Å²) in [4.78, 5) is 10.2. The first-order chi connectivity index (χ1) is 5.63. The fourth-order valence-electron chi connectivity index (χ4n) is 0.846. The molecule has 0 aliphatic carbocycles. The topological polar surface area (TPSA) is 149 Å². The monoisotopic (exact) mass is 203 g/mol. The molecular weight excluding hydrogens is 190 g/mol. The van der Waals surface area contributed by atoms with Crippen LogP contribution < -0.4 is 11.3 Å². The van der Waals surface area contributed by atoms with Crippen molar-refractivity contribution in [1.82, 2.24) is 6.15 Å². The lowest BCUT2D eigenvalue weighted by Gasteiger charge is -2.12. The van der Waals surface area contributed by atoms with Crippen LogP contribution >= 0.6 is 0 Å². The van der Waals surface area contributed by atoms with Crippen LogP contribution in [0.15, 0.2) is 24.3 Å². The molecule has 8 N–H and O–H groups in total. The molecule has 1 aromatic rings. The summed E-state index contributed by atoms with van der Waals surface area (Å²) in [6, 6.07) is 5.65. The van der Waals surface area contributed by atoms with Crippen molar-refractivity contribution in [2.24, 2.45) is 0 Å². The molecule has 0 aliphatic rings. The normalized spacial score (nSPS) is 10.6. The summed E-state index contributed by atoms with van der Waals surface area (Å²) in [5, 5.41) is 28.2. The van der Waals surface area contributed by atoms with Gasteiger partial charge >= 0.3 is 0 Å². The van der Waals surface area contributed by atoms with Gasteiger partial charge in [0, 0.05) is 5.56 Å². The maximum atomic E-state index is 10.2. The molecule has 0 saturated heterocycles. The maximum absolute atomic E-state index is 10.2. The fourth-order valence-corrected chi connectivity index (χ4v) is 0.846. The number of carbonyl (C=O) groups is 1. The number of carboxylic acids is 1. The predicted octanol–water partition coefficient (Wildman–Crippen LogP) is -1.27. The first kappa shape index (κ1) is 14.9. The number of aliphatic carboxylic acids is 1. The van der Waals surface area contributed by atoms with Gasteiger partial charge in [-0.1, -0.05) is 18.2 Å². The number of aliphatic hydroxyl groups excluding tert-OH is 1. The predicted molar refractivity (Wildman–Crippen MR) is 47.7 cm³/mol. The van der Waals surface area contributed by atoms with Crippen LogP contribution in [0.2, 0.25) is 0 Å². The highest BCUT2D eigenvalue weighted by atomic mass is 16.4. The van der Waals surface area contributed by atoms with Gasteiger partial charge in [0.25, 0.3) is 0 Å². The van der Waals surface area contributed by atoms with E-state index < -0.39 is 12.1 Å². The van der Waals surface area contributed by atoms with E-state index in [0.717, 1.165) is 0 Å². The number of hydrogen-bond acceptors (Lipinski definition) is 4. The molecule has 0 amide bonds. The van der Waals surface area contributed by atoms with Crippen molar-refractivity contribution in [3.05, 3.63) is 29.8 Å². The van der Waals surface area contributed by atoms with E-state index in [0.29, 0.717) is 0 Å². The number of carbonyl (C=O) groups excluding carboxylic acids is 1. The van der Waals surface area contributed by atoms with Crippen LogP contribution in [0, 0.1) is 0 Å². The zero-order valence-electron chi connectivity index (χ0n) is 7.60. The third-order valence-electron chi connectivity index (χ3n) is 1.45. The van der Waals surface area contributed by atoms with E-state index in [2.05, 4.69) is 0 Å². The Hall–Kier alpha value is -1.63. The second-order valence-corrected chi connectivity index (χ2v) is 2.28. The van der Waals surface area contributed by atoms with Gasteiger partial charge in [-0.2, -0.15) is 0 Å². The van der Waals surface area contributed by atoms with Crippen molar-refractivity contribution in [3.63, 3.8) is 0 Å². The Kier molecular flexibility index (Phi) is 6.29. The first-order valence-electron chi connectivity index (χ1n) is 3.29. The number of quaternary nitrogens is 1. The van der Waals surface area contributed by atoms with E-state index in [4.69, 9.17) is 10.2 Å². The van der Waals surface area contributed by atoms with Crippen LogP contribution in [0.4, 0.5) is 0 Å². The minimum Gasteiger partial charge on any atom is -0.547 e. The molecular formula is C8H13NO5. The summed E-state index contributed by atoms with van der Waals surface area (Å²) in [5.41, 5.74) is -0.0579. The molecule has 1 aromatic carbocycles. The van der Waals surface area contributed by atoms with Gasteiger partial charge in [0.15, 0.2) is 0 Å². The minimum absolute atomic E-state index is 0. The summed E-state index contributed by atoms with van der Waals surface area (Å²) in [6.07, 6.45) is -1.77. The summed E-state index contributed by atoms with van der Waals surface area (Å²) in [5.74, 6) is -1.88. The molecule has 0 aliphatic heterocycles. The third-order valence-corrected chi connectivity index (χ3v) is 1.45. The minimum atomic E-state index is -1.77. The Morgan fingerprint density at radius 1 is 1.36 bits per heavy atom. The third kappa shape index (κ3) is 3.02. The summed E-state index contributed by atoms with van der Waals surface area (Å²) in [7, 11) is 0. The maximum Gasteiger partial charge on any atom is 0.122 e. The van der Waals surface area contributed by atoms with Crippen LogP contribution in [-0.2, 0) is 4.79 Å². The standard InChI is InChI=1S/C8H8O4.H3N.H2O/c9-6-4-2-1-3-5(6)7(10)8(11)12;;/h1-4,7,9-10H,(H,11,12);1H3;1H2. The number of benzene rings is 1. The first-order valence-corrected chi connectivity index (χ1v) is 3.29. The Bertz CT molecular complexity index is 302. The van der Waals surface area contributed by atoms with Gasteiger partial charge in [0.05, 0.1) is 5.97 Å². The number of para-hydroxylation sites is 1. The van der Waals surface area contributed by atoms with E-state index in [1.165, 1.54) is 24.3 Å². The molecule has 1 unspecified atom stereocenters. The lowest BCUT2D eigenvalue weighted by atomic mass is 10.1. The van der Waals surface area contributed by atoms with Gasteiger partial charge in [0.2, 0.25) is 0 Å². The SMILES string of the molecule is O.O=C([O-])C(O)c1ccccc1O.[NH4+]. The zero-order valence-corrected chi connectivity index (χ0v) is 7.60. The van der Waals surface area contributed by atoms with E-state index in [9.17, 15) is 9.90 Å². The molecule has 0 aromatic heterocycles. The number of aromatic hydroxyl groups is 1. The van der Waals surface area contributed by atoms with Gasteiger partial charge in [0.1, 0.15) is 11.9 Å². The van der Waals surface area contributed by atoms with Crippen molar-refractivity contribution < 1.29 is 25.6 Å². The molecule has 1 rings (SSSR count). The number of hydrogen-bond donors (Lipinski definition) is 3. The molecule has 1 atom stereocenters. The van der Waals surface area contributed by atoms with E-state index >= 15 is 0 Å². The second-order valence-electron chi connectivity index (χ2n) is 2.28. The highest BCUT2D eigenvalue weighted by Crippen LogP contribution is 2.22. The molecule has 0 saturated carbocycles. The van der Waals surface area contributed by atoms with Gasteiger partial charge in [-0.15, -0.1) is 0 Å². The molecule has 0 heterocycles. The second kappa shape index (κ2) is 5.92. The van der Waals surface area contributed by atoms with Crippen molar-refractivity contribution in [1.29, 1.82) is 0 Å². The largest absolute Gasteiger partial charge is 0.547 e. The van der Waals surface area contributed by atoms with Gasteiger partial charge in [-0.05, 0) is 6.07 Å². The molecule has 0 fully saturated rings. The van der Waals surface area contributed by atoms with Crippen LogP contribution in [0.5, 0.6) is 5.75 Å². The number of phenols is 1. The molecule has 14 heavy (non-hydrogen) atoms. The fraction of sp³-hybridized carbons (Fsp3) is 0.125. The van der Waals surface area contributed by atoms with Crippen LogP contribution in [-0.4, -0.2) is 21.7 Å². The highest BCUT2D eigenvalue weighted by molar-refractivity contribution is 5.73. The summed E-state index contributed by atoms with van der Waals surface area (Å²) in [6.45, 7) is 0. The number of carboxylic acid groups (broad SMARTS) is 1. The Morgan fingerprint density at radius 2 is 1.86 bits per heavy atom. The molecule has 80 valence electrons. The van der Waals surface area contributed by atoms with Crippen LogP contribution in [0.1, 0.15) is 11.7 Å². The number of aliphatic hydroxyl groups is 1.